The van der Waals surface area contributed by atoms with Gasteiger partial charge < -0.3 is 14.4 Å². The SMILES string of the molecule is CCC(c1ccc(OCC2CCOCC2)cc1)N1CC(C)N(c2nc(=O)n(C)c3ccc(C#N)nc23)C[C@H]1CC. The fourth-order valence-corrected chi connectivity index (χ4v) is 6.15. The summed E-state index contributed by atoms with van der Waals surface area (Å²) in [5.74, 6) is 2.06. The van der Waals surface area contributed by atoms with E-state index in [2.05, 4.69) is 70.9 Å². The Hall–Kier alpha value is -3.48. The predicted molar refractivity (Wildman–Crippen MR) is 156 cm³/mol. The lowest BCUT2D eigenvalue weighted by Gasteiger charge is -2.49. The van der Waals surface area contributed by atoms with Crippen LogP contribution in [0.3, 0.4) is 0 Å². The highest BCUT2D eigenvalue weighted by Gasteiger charge is 2.36. The Bertz CT molecular complexity index is 1410. The van der Waals surface area contributed by atoms with Crippen LogP contribution >= 0.6 is 0 Å². The summed E-state index contributed by atoms with van der Waals surface area (Å²) >= 11 is 0. The van der Waals surface area contributed by atoms with Gasteiger partial charge in [-0.3, -0.25) is 9.47 Å². The molecule has 0 aliphatic carbocycles. The number of anilines is 1. The average molecular weight is 545 g/mol. The van der Waals surface area contributed by atoms with Gasteiger partial charge in [0.1, 0.15) is 23.0 Å². The number of pyridine rings is 1. The number of aromatic nitrogens is 3. The highest BCUT2D eigenvalue weighted by atomic mass is 16.5. The number of ether oxygens (including phenoxy) is 2. The monoisotopic (exact) mass is 544 g/mol. The Balaban J connectivity index is 1.36. The maximum atomic E-state index is 12.8. The molecule has 2 aromatic heterocycles. The van der Waals surface area contributed by atoms with Crippen molar-refractivity contribution in [3.05, 3.63) is 58.1 Å². The van der Waals surface area contributed by atoms with Crippen LogP contribution < -0.4 is 15.3 Å². The highest BCUT2D eigenvalue weighted by molar-refractivity contribution is 5.86. The van der Waals surface area contributed by atoms with Crippen LogP contribution in [0.4, 0.5) is 5.82 Å². The van der Waals surface area contributed by atoms with E-state index < -0.39 is 0 Å². The van der Waals surface area contributed by atoms with Crippen molar-refractivity contribution in [2.24, 2.45) is 13.0 Å². The molecule has 0 saturated carbocycles. The average Bonchev–Trinajstić information content (AvgIpc) is 2.99. The second-order valence-corrected chi connectivity index (χ2v) is 11.1. The molecule has 0 radical (unpaired) electrons. The zero-order valence-corrected chi connectivity index (χ0v) is 24.0. The van der Waals surface area contributed by atoms with Crippen LogP contribution in [0.2, 0.25) is 0 Å². The van der Waals surface area contributed by atoms with Gasteiger partial charge in [-0.25, -0.2) is 9.78 Å². The number of benzene rings is 1. The molecular formula is C31H40N6O3. The van der Waals surface area contributed by atoms with Crippen LogP contribution in [-0.2, 0) is 11.8 Å². The molecule has 0 bridgehead atoms. The van der Waals surface area contributed by atoms with Gasteiger partial charge >= 0.3 is 5.69 Å². The van der Waals surface area contributed by atoms with Crippen molar-refractivity contribution in [3.63, 3.8) is 0 Å². The van der Waals surface area contributed by atoms with Gasteiger partial charge in [0.2, 0.25) is 0 Å². The molecule has 40 heavy (non-hydrogen) atoms. The molecule has 3 atom stereocenters. The smallest absolute Gasteiger partial charge is 0.349 e. The van der Waals surface area contributed by atoms with Gasteiger partial charge in [-0.2, -0.15) is 10.2 Å². The van der Waals surface area contributed by atoms with Crippen molar-refractivity contribution in [1.82, 2.24) is 19.4 Å². The minimum Gasteiger partial charge on any atom is -0.493 e. The Morgan fingerprint density at radius 2 is 1.85 bits per heavy atom. The Kier molecular flexibility index (Phi) is 8.67. The van der Waals surface area contributed by atoms with Gasteiger partial charge in [0.25, 0.3) is 0 Å². The first kappa shape index (κ1) is 28.1. The van der Waals surface area contributed by atoms with E-state index in [0.29, 0.717) is 28.5 Å². The summed E-state index contributed by atoms with van der Waals surface area (Å²) in [6, 6.07) is 14.8. The van der Waals surface area contributed by atoms with Crippen LogP contribution in [0.15, 0.2) is 41.2 Å². The zero-order valence-electron chi connectivity index (χ0n) is 24.0. The quantitative estimate of drug-likeness (QED) is 0.411. The number of rotatable bonds is 8. The topological polar surface area (TPSA) is 96.5 Å². The van der Waals surface area contributed by atoms with E-state index in [1.54, 1.807) is 19.2 Å². The summed E-state index contributed by atoms with van der Waals surface area (Å²) in [5, 5.41) is 9.46. The number of piperazine rings is 1. The van der Waals surface area contributed by atoms with Gasteiger partial charge in [0, 0.05) is 51.5 Å². The number of fused-ring (bicyclic) bond motifs is 1. The second kappa shape index (κ2) is 12.4. The van der Waals surface area contributed by atoms with Crippen LogP contribution in [0, 0.1) is 17.2 Å². The molecule has 1 aromatic carbocycles. The molecule has 212 valence electrons. The number of hydrogen-bond donors (Lipinski definition) is 0. The van der Waals surface area contributed by atoms with Crippen molar-refractivity contribution < 1.29 is 9.47 Å². The normalized spacial score (nSPS) is 21.3. The van der Waals surface area contributed by atoms with Gasteiger partial charge in [-0.1, -0.05) is 26.0 Å². The van der Waals surface area contributed by atoms with E-state index >= 15 is 0 Å². The molecule has 0 spiro atoms. The third kappa shape index (κ3) is 5.70. The summed E-state index contributed by atoms with van der Waals surface area (Å²) in [6.45, 7) is 10.6. The number of nitrogens with zero attached hydrogens (tertiary/aromatic N) is 6. The Morgan fingerprint density at radius 3 is 2.52 bits per heavy atom. The van der Waals surface area contributed by atoms with Gasteiger partial charge in [0.15, 0.2) is 5.82 Å². The van der Waals surface area contributed by atoms with Crippen LogP contribution in [-0.4, -0.2) is 64.4 Å². The standard InChI is InChI=1S/C31H40N6O3/c1-5-25-19-36(30-29-28(35(4)31(38)34-30)12-9-24(17-32)33-29)21(3)18-37(25)27(6-2)23-7-10-26(11-8-23)40-20-22-13-15-39-16-14-22/h7-12,21-22,25,27H,5-6,13-16,18-20H2,1-4H3/t21?,25-,27?/m1/s1. The Labute approximate surface area is 236 Å². The van der Waals surface area contributed by atoms with E-state index in [1.807, 2.05) is 0 Å². The summed E-state index contributed by atoms with van der Waals surface area (Å²) in [7, 11) is 1.69. The minimum atomic E-state index is -0.317. The molecule has 2 aliphatic rings. The second-order valence-electron chi connectivity index (χ2n) is 11.1. The van der Waals surface area contributed by atoms with E-state index in [0.717, 1.165) is 64.3 Å². The molecule has 9 nitrogen and oxygen atoms in total. The number of hydrogen-bond acceptors (Lipinski definition) is 8. The maximum absolute atomic E-state index is 12.8. The molecule has 3 aromatic rings. The first-order valence-electron chi connectivity index (χ1n) is 14.5. The van der Waals surface area contributed by atoms with Crippen LogP contribution in [0.5, 0.6) is 5.75 Å². The molecule has 4 heterocycles. The van der Waals surface area contributed by atoms with E-state index in [1.165, 1.54) is 10.1 Å². The van der Waals surface area contributed by atoms with Gasteiger partial charge in [-0.05, 0) is 68.4 Å². The van der Waals surface area contributed by atoms with Crippen molar-refractivity contribution in [3.8, 4) is 11.8 Å². The Morgan fingerprint density at radius 1 is 1.10 bits per heavy atom. The molecular weight excluding hydrogens is 504 g/mol. The molecule has 2 unspecified atom stereocenters. The molecule has 0 N–H and O–H groups in total. The predicted octanol–water partition coefficient (Wildman–Crippen LogP) is 4.45. The first-order valence-corrected chi connectivity index (χ1v) is 14.5. The molecule has 0 amide bonds. The van der Waals surface area contributed by atoms with Crippen molar-refractivity contribution in [1.29, 1.82) is 5.26 Å². The lowest BCUT2D eigenvalue weighted by molar-refractivity contribution is 0.0497. The number of aryl methyl sites for hydroxylation is 1. The van der Waals surface area contributed by atoms with Gasteiger partial charge in [-0.15, -0.1) is 0 Å². The molecule has 2 saturated heterocycles. The summed E-state index contributed by atoms with van der Waals surface area (Å²) in [6.07, 6.45) is 4.09. The molecule has 2 aliphatic heterocycles. The van der Waals surface area contributed by atoms with Crippen LogP contribution in [0.25, 0.3) is 11.0 Å². The lowest BCUT2D eigenvalue weighted by atomic mass is 9.96. The van der Waals surface area contributed by atoms with E-state index in [9.17, 15) is 10.1 Å². The third-order valence-electron chi connectivity index (χ3n) is 8.56. The maximum Gasteiger partial charge on any atom is 0.349 e. The highest BCUT2D eigenvalue weighted by Crippen LogP contribution is 2.34. The lowest BCUT2D eigenvalue weighted by Crippen LogP contribution is -2.58. The summed E-state index contributed by atoms with van der Waals surface area (Å²) in [4.78, 5) is 26.6. The zero-order chi connectivity index (χ0) is 28.2. The fraction of sp³-hybridized carbons (Fsp3) is 0.548. The molecule has 5 rings (SSSR count). The largest absolute Gasteiger partial charge is 0.493 e. The fourth-order valence-electron chi connectivity index (χ4n) is 6.15. The molecule has 9 heteroatoms. The third-order valence-corrected chi connectivity index (χ3v) is 8.56. The van der Waals surface area contributed by atoms with E-state index in [4.69, 9.17) is 9.47 Å². The van der Waals surface area contributed by atoms with Gasteiger partial charge in [0.05, 0.1) is 12.1 Å². The van der Waals surface area contributed by atoms with Crippen molar-refractivity contribution in [2.75, 3.05) is 37.8 Å². The minimum absolute atomic E-state index is 0.106. The first-order chi connectivity index (χ1) is 19.4. The van der Waals surface area contributed by atoms with Crippen molar-refractivity contribution in [2.45, 2.75) is 64.6 Å². The molecule has 2 fully saturated rings. The van der Waals surface area contributed by atoms with Crippen LogP contribution in [0.1, 0.15) is 63.8 Å². The summed E-state index contributed by atoms with van der Waals surface area (Å²) in [5.41, 5.74) is 2.57. The summed E-state index contributed by atoms with van der Waals surface area (Å²) < 4.78 is 13.1. The van der Waals surface area contributed by atoms with Crippen molar-refractivity contribution >= 4 is 16.9 Å². The van der Waals surface area contributed by atoms with E-state index in [-0.39, 0.29) is 23.8 Å². The number of nitriles is 1.